The number of aromatic carboxylic acids is 1. The molecule has 6 saturated heterocycles. The van der Waals surface area contributed by atoms with Gasteiger partial charge in [-0.05, 0) is 118 Å². The molecule has 21 N–H and O–H groups in total. The molecule has 4 aliphatic carbocycles. The Kier molecular flexibility index (Phi) is 22.6. The first-order chi connectivity index (χ1) is 46.8. The first-order valence-corrected chi connectivity index (χ1v) is 33.6. The fraction of sp³-hybridized carbons (Fsp3) is 0.761. The minimum absolute atomic E-state index is 0.0960. The molecule has 6 aliphatic heterocycles. The van der Waals surface area contributed by atoms with Crippen LogP contribution in [-0.2, 0) is 47.4 Å². The lowest BCUT2D eigenvalue weighted by molar-refractivity contribution is -0.387. The average molecular weight is 1430 g/mol. The molecule has 2 spiro atoms. The number of aliphatic hydroxyl groups is 14. The van der Waals surface area contributed by atoms with Crippen LogP contribution in [-0.4, -0.2) is 293 Å². The summed E-state index contributed by atoms with van der Waals surface area (Å²) in [7, 11) is 0. The van der Waals surface area contributed by atoms with Crippen molar-refractivity contribution in [2.75, 3.05) is 33.0 Å². The summed E-state index contributed by atoms with van der Waals surface area (Å²) in [6.07, 6.45) is -22.1. The van der Waals surface area contributed by atoms with E-state index in [2.05, 4.69) is 47.6 Å². The van der Waals surface area contributed by atoms with E-state index in [0.29, 0.717) is 25.4 Å². The van der Waals surface area contributed by atoms with Crippen LogP contribution in [0.4, 0.5) is 0 Å². The van der Waals surface area contributed by atoms with E-state index in [1.54, 1.807) is 0 Å². The summed E-state index contributed by atoms with van der Waals surface area (Å²) in [5.74, 6) is -7.04. The number of carboxylic acid groups (broad SMARTS) is 1. The molecule has 0 aromatic heterocycles. The number of carbonyl (C=O) groups excluding carboxylic acids is 1. The predicted molar refractivity (Wildman–Crippen MR) is 334 cm³/mol. The number of phenols is 6. The van der Waals surface area contributed by atoms with Crippen molar-refractivity contribution in [3.05, 3.63) is 47.0 Å². The quantitative estimate of drug-likeness (QED) is 0.0431. The van der Waals surface area contributed by atoms with E-state index in [1.807, 2.05) is 6.92 Å². The molecule has 100 heavy (non-hydrogen) atoms. The summed E-state index contributed by atoms with van der Waals surface area (Å²) in [5, 5.41) is 209. The van der Waals surface area contributed by atoms with Gasteiger partial charge in [0.15, 0.2) is 59.2 Å². The number of carboxylic acids is 1. The van der Waals surface area contributed by atoms with Gasteiger partial charge in [0.05, 0.1) is 62.0 Å². The number of rotatable bonds is 14. The van der Waals surface area contributed by atoms with Crippen LogP contribution in [0.3, 0.4) is 0 Å². The van der Waals surface area contributed by atoms with Gasteiger partial charge in [0, 0.05) is 24.2 Å². The number of benzene rings is 2. The van der Waals surface area contributed by atoms with Crippen molar-refractivity contribution in [1.82, 2.24) is 0 Å². The fourth-order valence-electron chi connectivity index (χ4n) is 18.7. The monoisotopic (exact) mass is 1430 g/mol. The maximum absolute atomic E-state index is 12.2. The number of esters is 1. The highest BCUT2D eigenvalue weighted by Crippen LogP contribution is 2.80. The van der Waals surface area contributed by atoms with E-state index >= 15 is 0 Å². The number of hydrogen-bond acceptors (Lipinski definition) is 32. The number of aromatic hydroxyl groups is 6. The molecule has 6 heterocycles. The molecule has 12 rings (SSSR count). The Hall–Kier alpha value is -5.00. The number of carbonyl (C=O) groups is 2. The molecule has 4 saturated carbocycles. The lowest BCUT2D eigenvalue weighted by Gasteiger charge is -2.70. The zero-order valence-corrected chi connectivity index (χ0v) is 56.3. The van der Waals surface area contributed by atoms with Gasteiger partial charge in [-0.1, -0.05) is 39.3 Å². The molecule has 33 heteroatoms. The zero-order chi connectivity index (χ0) is 73.6. The van der Waals surface area contributed by atoms with Gasteiger partial charge in [-0.25, -0.2) is 9.59 Å². The highest BCUT2D eigenvalue weighted by atomic mass is 16.8. The summed E-state index contributed by atoms with van der Waals surface area (Å²) >= 11 is 0. The molecular formula is C67H98O33. The summed E-state index contributed by atoms with van der Waals surface area (Å²) in [6, 6.07) is 3.30. The normalized spacial score (nSPS) is 45.3. The van der Waals surface area contributed by atoms with E-state index in [-0.39, 0.29) is 51.2 Å². The minimum atomic E-state index is -1.86. The molecular weight excluding hydrogens is 1330 g/mol. The van der Waals surface area contributed by atoms with E-state index in [9.17, 15) is 91.3 Å². The summed E-state index contributed by atoms with van der Waals surface area (Å²) in [5.41, 5.74) is -1.32. The molecule has 10 aliphatic rings. The standard InChI is InChI=1S/C47H76O18.C13H16O10.C7H6O5/c1-21(2)14-22-15-45(7,57)38-23-8-9-28-43(5)12-11-29(42(3,4)27(43)10-13-44(28,6)46(23)19-47(38,65-22)58-20-46)62-41-37(64-39-34(55)31(52)25(17-49)60-39)36(32(53)26(18-50)61-41)63-40-35(56)33(54)30(51)24(16-48)59-40;14-3-7-9(18)10(19)11(20)13(22-7)23-12(21)4-1-5(15)8(17)6(16)2-4;8-4-1-3(7(11)12)2-5(9)6(4)10/h14,22-41,48-57H,8-13,15-20H2,1-7H3;1-2,7,9-11,13-20H,3H2;1-2,8-10H,(H,11,12)/t22-,23+,24+,25-,26+,27-,28+,29-,30+,31-,32+,33-,34+,35+,36-,37+,38?,39?,40?,41?,43-,44+,45-,46-,47-;7-,9-,10+,11-,13+;/m01./s1. The second-order valence-corrected chi connectivity index (χ2v) is 30.1. The van der Waals surface area contributed by atoms with E-state index in [1.165, 1.54) is 0 Å². The molecule has 564 valence electrons. The van der Waals surface area contributed by atoms with E-state index in [4.69, 9.17) is 72.9 Å². The first-order valence-electron chi connectivity index (χ1n) is 33.6. The van der Waals surface area contributed by atoms with Crippen molar-refractivity contribution in [1.29, 1.82) is 0 Å². The lowest BCUT2D eigenvalue weighted by atomic mass is 9.35. The highest BCUT2D eigenvalue weighted by Gasteiger charge is 2.81. The van der Waals surface area contributed by atoms with Crippen LogP contribution in [0.15, 0.2) is 35.9 Å². The van der Waals surface area contributed by atoms with Crippen LogP contribution < -0.4 is 0 Å². The Labute approximate surface area is 574 Å². The number of phenolic OH excluding ortho intramolecular Hbond substituents is 6. The Balaban J connectivity index is 0.000000251. The Morgan fingerprint density at radius 2 is 1.02 bits per heavy atom. The van der Waals surface area contributed by atoms with Crippen LogP contribution in [0.5, 0.6) is 34.5 Å². The largest absolute Gasteiger partial charge is 0.504 e. The lowest BCUT2D eigenvalue weighted by Crippen LogP contribution is -2.68. The first kappa shape index (κ1) is 77.6. The van der Waals surface area contributed by atoms with Gasteiger partial charge >= 0.3 is 11.9 Å². The van der Waals surface area contributed by atoms with Crippen molar-refractivity contribution >= 4 is 11.9 Å². The topological polar surface area (TPSA) is 551 Å². The molecule has 4 unspecified atom stereocenters. The van der Waals surface area contributed by atoms with Gasteiger partial charge in [0.1, 0.15) is 91.6 Å². The van der Waals surface area contributed by atoms with E-state index < -0.39 is 212 Å². The Bertz CT molecular complexity index is 3210. The van der Waals surface area contributed by atoms with Crippen molar-refractivity contribution in [3.8, 4) is 34.5 Å². The van der Waals surface area contributed by atoms with Crippen molar-refractivity contribution in [2.24, 2.45) is 45.3 Å². The van der Waals surface area contributed by atoms with Crippen LogP contribution in [0, 0.1) is 45.3 Å². The second-order valence-electron chi connectivity index (χ2n) is 30.1. The maximum Gasteiger partial charge on any atom is 0.340 e. The van der Waals surface area contributed by atoms with Crippen molar-refractivity contribution < 1.29 is 164 Å². The van der Waals surface area contributed by atoms with E-state index in [0.717, 1.165) is 68.4 Å². The third-order valence-electron chi connectivity index (χ3n) is 23.5. The third-order valence-corrected chi connectivity index (χ3v) is 23.5. The summed E-state index contributed by atoms with van der Waals surface area (Å²) in [6.45, 7) is 13.2. The minimum Gasteiger partial charge on any atom is -0.504 e. The summed E-state index contributed by atoms with van der Waals surface area (Å²) in [4.78, 5) is 22.2. The maximum atomic E-state index is 12.2. The Morgan fingerprint density at radius 3 is 1.54 bits per heavy atom. The Morgan fingerprint density at radius 1 is 0.550 bits per heavy atom. The number of hydrogen-bond donors (Lipinski definition) is 21. The van der Waals surface area contributed by atoms with Crippen LogP contribution >= 0.6 is 0 Å². The molecule has 10 fully saturated rings. The van der Waals surface area contributed by atoms with Gasteiger partial charge in [-0.15, -0.1) is 0 Å². The molecule has 0 radical (unpaired) electrons. The molecule has 2 aromatic rings. The highest BCUT2D eigenvalue weighted by molar-refractivity contribution is 5.91. The predicted octanol–water partition coefficient (Wildman–Crippen LogP) is -1.77. The van der Waals surface area contributed by atoms with Gasteiger partial charge in [-0.2, -0.15) is 0 Å². The molecule has 2 bridgehead atoms. The second kappa shape index (κ2) is 29.2. The van der Waals surface area contributed by atoms with Crippen LogP contribution in [0.25, 0.3) is 0 Å². The number of aliphatic hydroxyl groups excluding tert-OH is 13. The van der Waals surface area contributed by atoms with Gasteiger partial charge < -0.3 is 155 Å². The van der Waals surface area contributed by atoms with Gasteiger partial charge in [0.25, 0.3) is 0 Å². The number of fused-ring (bicyclic) bond motifs is 4. The van der Waals surface area contributed by atoms with Crippen molar-refractivity contribution in [3.63, 3.8) is 0 Å². The SMILES string of the molecule is CC(C)=C[C@H]1C[C@](C)(O)C2[C@H]3CC[C@@H]4[C@@]5(C)CC[C@H](OC6O[C@H](CO)[C@@H](O)[C@H](OC7O[C@H](CO)[C@@H](O)[C@H](O)[C@H]7O)[C@H]6OC6O[C@@H](CO)[C@H](O)[C@H]6O)C(C)(C)[C@@H]5CC[C@@]4(C)[C@@]34CO[C@@]2(C4)O1.O=C(O)c1cc(O)c(O)c(O)c1.O=C(O[C@@H]1O[C@H](CO)[C@@H](O)[C@H](O)[C@H]1O)c1cc(O)c(O)c(O)c1. The molecule has 33 nitrogen and oxygen atoms in total. The molecule has 2 aromatic carbocycles. The van der Waals surface area contributed by atoms with Crippen LogP contribution in [0.2, 0.25) is 0 Å². The van der Waals surface area contributed by atoms with Gasteiger partial charge in [-0.3, -0.25) is 0 Å². The number of allylic oxidation sites excluding steroid dienone is 1. The summed E-state index contributed by atoms with van der Waals surface area (Å²) < 4.78 is 60.6. The fourth-order valence-corrected chi connectivity index (χ4v) is 18.7. The zero-order valence-electron chi connectivity index (χ0n) is 56.3. The third kappa shape index (κ3) is 13.7. The molecule has 0 amide bonds. The number of ether oxygens (including phenoxy) is 10. The average Bonchev–Trinajstić information content (AvgIpc) is 1.46. The van der Waals surface area contributed by atoms with Crippen LogP contribution in [0.1, 0.15) is 121 Å². The smallest absolute Gasteiger partial charge is 0.340 e. The molecule has 30 atom stereocenters. The van der Waals surface area contributed by atoms with Gasteiger partial charge in [0.2, 0.25) is 6.29 Å². The van der Waals surface area contributed by atoms with Crippen molar-refractivity contribution in [2.45, 2.75) is 240 Å².